The molecule has 0 atom stereocenters. The molecule has 124 valence electrons. The Labute approximate surface area is 131 Å². The number of nitrogens with zero attached hydrogens (tertiary/aromatic N) is 4. The van der Waals surface area contributed by atoms with Crippen molar-refractivity contribution < 1.29 is 13.2 Å². The SMILES string of the molecule is C=CCN(CCC)C(=O)n1cnc(S(=O)(=O)CCCCC)n1. The quantitative estimate of drug-likeness (QED) is 0.512. The summed E-state index contributed by atoms with van der Waals surface area (Å²) in [5, 5.41) is 3.55. The van der Waals surface area contributed by atoms with Gasteiger partial charge in [0.05, 0.1) is 5.75 Å². The first-order valence-corrected chi connectivity index (χ1v) is 9.16. The summed E-state index contributed by atoms with van der Waals surface area (Å²) in [4.78, 5) is 17.6. The van der Waals surface area contributed by atoms with Crippen molar-refractivity contribution >= 4 is 15.9 Å². The number of carbonyl (C=O) groups excluding carboxylic acids is 1. The Balaban J connectivity index is 2.85. The molecule has 0 bridgehead atoms. The molecule has 0 aliphatic carbocycles. The van der Waals surface area contributed by atoms with Crippen LogP contribution in [-0.4, -0.2) is 53.0 Å². The van der Waals surface area contributed by atoms with Crippen LogP contribution < -0.4 is 0 Å². The molecular weight excluding hydrogens is 304 g/mol. The zero-order valence-electron chi connectivity index (χ0n) is 13.2. The Bertz CT molecular complexity index is 595. The predicted octanol–water partition coefficient (Wildman–Crippen LogP) is 2.11. The second-order valence-electron chi connectivity index (χ2n) is 5.01. The smallest absolute Gasteiger partial charge is 0.319 e. The van der Waals surface area contributed by atoms with Crippen molar-refractivity contribution in [3.05, 3.63) is 19.0 Å². The van der Waals surface area contributed by atoms with Gasteiger partial charge < -0.3 is 4.90 Å². The number of unbranched alkanes of at least 4 members (excludes halogenated alkanes) is 2. The Hall–Kier alpha value is -1.70. The molecule has 0 aliphatic rings. The van der Waals surface area contributed by atoms with E-state index in [9.17, 15) is 13.2 Å². The van der Waals surface area contributed by atoms with Crippen molar-refractivity contribution in [3.63, 3.8) is 0 Å². The van der Waals surface area contributed by atoms with Crippen LogP contribution in [0.25, 0.3) is 0 Å². The predicted molar refractivity (Wildman–Crippen MR) is 84.5 cm³/mol. The van der Waals surface area contributed by atoms with Crippen LogP contribution in [0.2, 0.25) is 0 Å². The first-order chi connectivity index (χ1) is 10.5. The van der Waals surface area contributed by atoms with Gasteiger partial charge >= 0.3 is 6.03 Å². The number of aromatic nitrogens is 3. The highest BCUT2D eigenvalue weighted by Gasteiger charge is 2.22. The van der Waals surface area contributed by atoms with Crippen molar-refractivity contribution in [2.24, 2.45) is 0 Å². The van der Waals surface area contributed by atoms with Gasteiger partial charge in [0.1, 0.15) is 6.33 Å². The molecule has 0 unspecified atom stereocenters. The van der Waals surface area contributed by atoms with Gasteiger partial charge in [-0.25, -0.2) is 18.2 Å². The summed E-state index contributed by atoms with van der Waals surface area (Å²) in [5.41, 5.74) is 0. The molecule has 0 saturated heterocycles. The number of rotatable bonds is 9. The van der Waals surface area contributed by atoms with E-state index in [1.54, 1.807) is 6.08 Å². The summed E-state index contributed by atoms with van der Waals surface area (Å²) in [6.45, 7) is 8.49. The average Bonchev–Trinajstić information content (AvgIpc) is 2.97. The van der Waals surface area contributed by atoms with Crippen LogP contribution in [0.1, 0.15) is 39.5 Å². The van der Waals surface area contributed by atoms with Crippen molar-refractivity contribution in [3.8, 4) is 0 Å². The van der Waals surface area contributed by atoms with Crippen LogP contribution in [-0.2, 0) is 9.84 Å². The fourth-order valence-corrected chi connectivity index (χ4v) is 3.14. The fraction of sp³-hybridized carbons (Fsp3) is 0.643. The van der Waals surface area contributed by atoms with Crippen LogP contribution in [0.3, 0.4) is 0 Å². The monoisotopic (exact) mass is 328 g/mol. The van der Waals surface area contributed by atoms with Gasteiger partial charge in [-0.05, 0) is 12.8 Å². The minimum absolute atomic E-state index is 0.00434. The second-order valence-corrected chi connectivity index (χ2v) is 7.02. The third-order valence-corrected chi connectivity index (χ3v) is 4.64. The Kier molecular flexibility index (Phi) is 7.23. The third kappa shape index (κ3) is 4.94. The molecule has 22 heavy (non-hydrogen) atoms. The van der Waals surface area contributed by atoms with E-state index in [-0.39, 0.29) is 10.9 Å². The lowest BCUT2D eigenvalue weighted by Gasteiger charge is -2.19. The molecule has 1 aromatic rings. The summed E-state index contributed by atoms with van der Waals surface area (Å²) in [6.07, 6.45) is 5.90. The maximum atomic E-state index is 12.3. The average molecular weight is 328 g/mol. The van der Waals surface area contributed by atoms with Gasteiger partial charge in [-0.3, -0.25) is 0 Å². The molecule has 0 saturated carbocycles. The van der Waals surface area contributed by atoms with Crippen LogP contribution in [0.5, 0.6) is 0 Å². The molecule has 1 aromatic heterocycles. The van der Waals surface area contributed by atoms with Crippen molar-refractivity contribution in [1.82, 2.24) is 19.7 Å². The highest BCUT2D eigenvalue weighted by Crippen LogP contribution is 2.08. The number of amides is 1. The highest BCUT2D eigenvalue weighted by atomic mass is 32.2. The third-order valence-electron chi connectivity index (χ3n) is 3.08. The fourth-order valence-electron chi connectivity index (χ4n) is 1.95. The molecular formula is C14H24N4O3S. The van der Waals surface area contributed by atoms with Crippen LogP contribution in [0, 0.1) is 0 Å². The number of carbonyl (C=O) groups is 1. The van der Waals surface area contributed by atoms with E-state index < -0.39 is 15.9 Å². The second kappa shape index (κ2) is 8.67. The lowest BCUT2D eigenvalue weighted by molar-refractivity contribution is 0.201. The molecule has 1 rings (SSSR count). The molecule has 0 aliphatic heterocycles. The molecule has 0 fully saturated rings. The lowest BCUT2D eigenvalue weighted by atomic mass is 10.3. The zero-order chi connectivity index (χ0) is 16.6. The number of sulfone groups is 1. The van der Waals surface area contributed by atoms with E-state index in [1.807, 2.05) is 13.8 Å². The van der Waals surface area contributed by atoms with E-state index in [2.05, 4.69) is 16.7 Å². The van der Waals surface area contributed by atoms with E-state index in [1.165, 1.54) is 4.90 Å². The topological polar surface area (TPSA) is 85.2 Å². The molecule has 1 amide bonds. The summed E-state index contributed by atoms with van der Waals surface area (Å²) >= 11 is 0. The normalized spacial score (nSPS) is 11.4. The molecule has 0 aromatic carbocycles. The maximum Gasteiger partial charge on any atom is 0.346 e. The van der Waals surface area contributed by atoms with Gasteiger partial charge in [0, 0.05) is 13.1 Å². The van der Waals surface area contributed by atoms with Crippen molar-refractivity contribution in [2.45, 2.75) is 44.7 Å². The van der Waals surface area contributed by atoms with Gasteiger partial charge in [0.2, 0.25) is 9.84 Å². The van der Waals surface area contributed by atoms with Gasteiger partial charge in [-0.2, -0.15) is 4.68 Å². The zero-order valence-corrected chi connectivity index (χ0v) is 14.0. The van der Waals surface area contributed by atoms with Gasteiger partial charge in [-0.1, -0.05) is 32.8 Å². The van der Waals surface area contributed by atoms with E-state index in [0.717, 1.165) is 30.3 Å². The lowest BCUT2D eigenvalue weighted by Crippen LogP contribution is -2.35. The van der Waals surface area contributed by atoms with Crippen LogP contribution in [0.4, 0.5) is 4.79 Å². The molecule has 8 heteroatoms. The summed E-state index contributed by atoms with van der Waals surface area (Å²) in [7, 11) is -3.53. The molecule has 0 spiro atoms. The number of hydrogen-bond acceptors (Lipinski definition) is 5. The standard InChI is InChI=1S/C14H24N4O3S/c1-4-7-8-11-22(20,21)13-15-12-18(16-13)14(19)17(9-5-2)10-6-3/h5,12H,2,4,6-11H2,1,3H3. The van der Waals surface area contributed by atoms with E-state index in [0.29, 0.717) is 19.5 Å². The van der Waals surface area contributed by atoms with Gasteiger partial charge in [-0.15, -0.1) is 11.7 Å². The Morgan fingerprint density at radius 1 is 1.36 bits per heavy atom. The Morgan fingerprint density at radius 2 is 2.09 bits per heavy atom. The van der Waals surface area contributed by atoms with Crippen molar-refractivity contribution in [2.75, 3.05) is 18.8 Å². The van der Waals surface area contributed by atoms with Crippen LogP contribution >= 0.6 is 0 Å². The highest BCUT2D eigenvalue weighted by molar-refractivity contribution is 7.91. The first kappa shape index (κ1) is 18.3. The van der Waals surface area contributed by atoms with Crippen molar-refractivity contribution in [1.29, 1.82) is 0 Å². The first-order valence-electron chi connectivity index (χ1n) is 7.50. The minimum atomic E-state index is -3.53. The molecule has 1 heterocycles. The van der Waals surface area contributed by atoms with E-state index in [4.69, 9.17) is 0 Å². The van der Waals surface area contributed by atoms with Gasteiger partial charge in [0.25, 0.3) is 5.16 Å². The summed E-state index contributed by atoms with van der Waals surface area (Å²) < 4.78 is 25.1. The minimum Gasteiger partial charge on any atom is -0.319 e. The van der Waals surface area contributed by atoms with E-state index >= 15 is 0 Å². The maximum absolute atomic E-state index is 12.3. The van der Waals surface area contributed by atoms with Crippen LogP contribution in [0.15, 0.2) is 24.1 Å². The largest absolute Gasteiger partial charge is 0.346 e. The molecule has 0 N–H and O–H groups in total. The summed E-state index contributed by atoms with van der Waals surface area (Å²) in [5.74, 6) is 0.00434. The summed E-state index contributed by atoms with van der Waals surface area (Å²) in [6, 6.07) is -0.399. The molecule has 7 nitrogen and oxygen atoms in total. The number of hydrogen-bond donors (Lipinski definition) is 0. The molecule has 0 radical (unpaired) electrons. The van der Waals surface area contributed by atoms with Gasteiger partial charge in [0.15, 0.2) is 0 Å². The Morgan fingerprint density at radius 3 is 2.68 bits per heavy atom.